The van der Waals surface area contributed by atoms with Crippen LogP contribution in [0, 0.1) is 0 Å². The van der Waals surface area contributed by atoms with E-state index < -0.39 is 0 Å². The summed E-state index contributed by atoms with van der Waals surface area (Å²) in [4.78, 5) is 12.8. The van der Waals surface area contributed by atoms with Crippen molar-refractivity contribution in [2.24, 2.45) is 0 Å². The first-order chi connectivity index (χ1) is 10.8. The molecular formula is C17H19NO3S. The van der Waals surface area contributed by atoms with Gasteiger partial charge in [-0.15, -0.1) is 11.8 Å². The number of benzene rings is 2. The lowest BCUT2D eigenvalue weighted by atomic mass is 10.3. The predicted octanol–water partition coefficient (Wildman–Crippen LogP) is 2.98. The summed E-state index contributed by atoms with van der Waals surface area (Å²) < 4.78 is 10.6. The number of hydrogen-bond donors (Lipinski definition) is 1. The third-order valence-electron chi connectivity index (χ3n) is 2.87. The molecule has 0 spiro atoms. The zero-order chi connectivity index (χ0) is 15.6. The molecule has 0 aliphatic rings. The number of amides is 1. The lowest BCUT2D eigenvalue weighted by molar-refractivity contribution is -0.118. The molecule has 0 saturated heterocycles. The molecule has 0 unspecified atom stereocenters. The molecule has 1 N–H and O–H groups in total. The summed E-state index contributed by atoms with van der Waals surface area (Å²) in [5.74, 6) is 2.01. The quantitative estimate of drug-likeness (QED) is 0.601. The fourth-order valence-corrected chi connectivity index (χ4v) is 2.48. The largest absolute Gasteiger partial charge is 0.497 e. The van der Waals surface area contributed by atoms with Crippen molar-refractivity contribution in [1.82, 2.24) is 5.32 Å². The van der Waals surface area contributed by atoms with Gasteiger partial charge >= 0.3 is 0 Å². The molecule has 116 valence electrons. The number of ether oxygens (including phenoxy) is 2. The Morgan fingerprint density at radius 2 is 1.77 bits per heavy atom. The molecular weight excluding hydrogens is 298 g/mol. The maximum Gasteiger partial charge on any atom is 0.230 e. The second-order valence-corrected chi connectivity index (χ2v) is 5.52. The van der Waals surface area contributed by atoms with Crippen LogP contribution in [0.5, 0.6) is 11.5 Å². The van der Waals surface area contributed by atoms with E-state index in [1.807, 2.05) is 54.6 Å². The number of methoxy groups -OCH3 is 1. The number of rotatable bonds is 8. The van der Waals surface area contributed by atoms with Crippen LogP contribution in [0.25, 0.3) is 0 Å². The highest BCUT2D eigenvalue weighted by atomic mass is 32.2. The molecule has 0 aliphatic carbocycles. The smallest absolute Gasteiger partial charge is 0.230 e. The third-order valence-corrected chi connectivity index (χ3v) is 3.88. The summed E-state index contributed by atoms with van der Waals surface area (Å²) in [5.41, 5.74) is 0. The number of nitrogens with one attached hydrogen (secondary N) is 1. The Morgan fingerprint density at radius 3 is 2.45 bits per heavy atom. The van der Waals surface area contributed by atoms with E-state index in [-0.39, 0.29) is 5.91 Å². The minimum absolute atomic E-state index is 0.00233. The first kappa shape index (κ1) is 16.2. The molecule has 1 amide bonds. The van der Waals surface area contributed by atoms with Gasteiger partial charge in [0.2, 0.25) is 5.91 Å². The summed E-state index contributed by atoms with van der Waals surface area (Å²) in [7, 11) is 1.63. The monoisotopic (exact) mass is 317 g/mol. The van der Waals surface area contributed by atoms with E-state index in [0.717, 1.165) is 16.4 Å². The van der Waals surface area contributed by atoms with E-state index in [1.165, 1.54) is 11.8 Å². The van der Waals surface area contributed by atoms with E-state index in [9.17, 15) is 4.79 Å². The Morgan fingerprint density at radius 1 is 1.05 bits per heavy atom. The molecule has 0 heterocycles. The first-order valence-corrected chi connectivity index (χ1v) is 7.98. The molecule has 0 atom stereocenters. The van der Waals surface area contributed by atoms with Crippen LogP contribution in [0.15, 0.2) is 59.5 Å². The number of carbonyl (C=O) groups excluding carboxylic acids is 1. The van der Waals surface area contributed by atoms with E-state index in [0.29, 0.717) is 18.9 Å². The van der Waals surface area contributed by atoms with Gasteiger partial charge in [0.1, 0.15) is 18.1 Å². The SMILES string of the molecule is COc1ccc(SCC(=O)NCCOc2ccccc2)cc1. The minimum atomic E-state index is -0.00233. The Kier molecular flexibility index (Phi) is 6.64. The van der Waals surface area contributed by atoms with Gasteiger partial charge in [0.05, 0.1) is 19.4 Å². The maximum atomic E-state index is 11.7. The van der Waals surface area contributed by atoms with Crippen molar-refractivity contribution >= 4 is 17.7 Å². The third kappa shape index (κ3) is 5.69. The van der Waals surface area contributed by atoms with E-state index in [1.54, 1.807) is 7.11 Å². The van der Waals surface area contributed by atoms with Gasteiger partial charge < -0.3 is 14.8 Å². The van der Waals surface area contributed by atoms with Crippen LogP contribution >= 0.6 is 11.8 Å². The molecule has 0 saturated carbocycles. The van der Waals surface area contributed by atoms with Crippen molar-refractivity contribution in [2.75, 3.05) is 26.0 Å². The molecule has 2 aromatic rings. The van der Waals surface area contributed by atoms with Gasteiger partial charge in [-0.1, -0.05) is 18.2 Å². The average Bonchev–Trinajstić information content (AvgIpc) is 2.58. The lowest BCUT2D eigenvalue weighted by Crippen LogP contribution is -2.29. The first-order valence-electron chi connectivity index (χ1n) is 6.99. The fourth-order valence-electron chi connectivity index (χ4n) is 1.75. The lowest BCUT2D eigenvalue weighted by Gasteiger charge is -2.07. The van der Waals surface area contributed by atoms with Crippen LogP contribution in [0.3, 0.4) is 0 Å². The summed E-state index contributed by atoms with van der Waals surface area (Å²) in [5, 5.41) is 2.84. The molecule has 2 rings (SSSR count). The predicted molar refractivity (Wildman–Crippen MR) is 88.7 cm³/mol. The molecule has 0 aliphatic heterocycles. The second-order valence-electron chi connectivity index (χ2n) is 4.48. The Labute approximate surface area is 134 Å². The normalized spacial score (nSPS) is 10.0. The Balaban J connectivity index is 1.61. The fraction of sp³-hybridized carbons (Fsp3) is 0.235. The van der Waals surface area contributed by atoms with Gasteiger partial charge in [-0.25, -0.2) is 0 Å². The average molecular weight is 317 g/mol. The van der Waals surface area contributed by atoms with Crippen LogP contribution < -0.4 is 14.8 Å². The molecule has 2 aromatic carbocycles. The van der Waals surface area contributed by atoms with Crippen molar-refractivity contribution in [3.8, 4) is 11.5 Å². The number of carbonyl (C=O) groups is 1. The Hall–Kier alpha value is -2.14. The highest BCUT2D eigenvalue weighted by Crippen LogP contribution is 2.20. The van der Waals surface area contributed by atoms with Crippen molar-refractivity contribution in [3.63, 3.8) is 0 Å². The van der Waals surface area contributed by atoms with Crippen LogP contribution in [-0.4, -0.2) is 31.9 Å². The van der Waals surface area contributed by atoms with E-state index >= 15 is 0 Å². The highest BCUT2D eigenvalue weighted by molar-refractivity contribution is 8.00. The van der Waals surface area contributed by atoms with E-state index in [2.05, 4.69) is 5.32 Å². The van der Waals surface area contributed by atoms with Crippen molar-refractivity contribution in [1.29, 1.82) is 0 Å². The van der Waals surface area contributed by atoms with Crippen LogP contribution in [-0.2, 0) is 4.79 Å². The van der Waals surface area contributed by atoms with Gasteiger partial charge in [0, 0.05) is 4.90 Å². The summed E-state index contributed by atoms with van der Waals surface area (Å²) in [6, 6.07) is 17.2. The van der Waals surface area contributed by atoms with E-state index in [4.69, 9.17) is 9.47 Å². The number of hydrogen-bond acceptors (Lipinski definition) is 4. The topological polar surface area (TPSA) is 47.6 Å². The van der Waals surface area contributed by atoms with Crippen LogP contribution in [0.1, 0.15) is 0 Å². The summed E-state index contributed by atoms with van der Waals surface area (Å²) >= 11 is 1.49. The molecule has 22 heavy (non-hydrogen) atoms. The van der Waals surface area contributed by atoms with Gasteiger partial charge in [-0.2, -0.15) is 0 Å². The second kappa shape index (κ2) is 9.00. The molecule has 4 nitrogen and oxygen atoms in total. The molecule has 0 bridgehead atoms. The van der Waals surface area contributed by atoms with Crippen molar-refractivity contribution in [2.45, 2.75) is 4.90 Å². The molecule has 0 aromatic heterocycles. The molecule has 5 heteroatoms. The van der Waals surface area contributed by atoms with Crippen LogP contribution in [0.2, 0.25) is 0 Å². The summed E-state index contributed by atoms with van der Waals surface area (Å²) in [6.45, 7) is 0.958. The van der Waals surface area contributed by atoms with Crippen LogP contribution in [0.4, 0.5) is 0 Å². The zero-order valence-corrected chi connectivity index (χ0v) is 13.3. The van der Waals surface area contributed by atoms with Gasteiger partial charge in [0.25, 0.3) is 0 Å². The van der Waals surface area contributed by atoms with Gasteiger partial charge in [0.15, 0.2) is 0 Å². The standard InChI is InChI=1S/C17H19NO3S/c1-20-14-7-9-16(10-8-14)22-13-17(19)18-11-12-21-15-5-3-2-4-6-15/h2-10H,11-13H2,1H3,(H,18,19). The number of thioether (sulfide) groups is 1. The molecule has 0 radical (unpaired) electrons. The van der Waals surface area contributed by atoms with Crippen molar-refractivity contribution in [3.05, 3.63) is 54.6 Å². The minimum Gasteiger partial charge on any atom is -0.497 e. The zero-order valence-electron chi connectivity index (χ0n) is 12.5. The number of para-hydroxylation sites is 1. The highest BCUT2D eigenvalue weighted by Gasteiger charge is 2.03. The molecule has 0 fully saturated rings. The Bertz CT molecular complexity index is 572. The van der Waals surface area contributed by atoms with Gasteiger partial charge in [-0.05, 0) is 36.4 Å². The maximum absolute atomic E-state index is 11.7. The van der Waals surface area contributed by atoms with Crippen molar-refractivity contribution < 1.29 is 14.3 Å². The van der Waals surface area contributed by atoms with Gasteiger partial charge in [-0.3, -0.25) is 4.79 Å². The summed E-state index contributed by atoms with van der Waals surface area (Å²) in [6.07, 6.45) is 0.